The summed E-state index contributed by atoms with van der Waals surface area (Å²) in [5, 5.41) is 39.8. The van der Waals surface area contributed by atoms with Crippen LogP contribution in [-0.2, 0) is 4.74 Å². The van der Waals surface area contributed by atoms with Gasteiger partial charge < -0.3 is 24.8 Å². The summed E-state index contributed by atoms with van der Waals surface area (Å²) in [4.78, 5) is 10.2. The summed E-state index contributed by atoms with van der Waals surface area (Å²) in [5.41, 5.74) is -0.281. The highest BCUT2D eigenvalue weighted by Crippen LogP contribution is 2.30. The van der Waals surface area contributed by atoms with E-state index in [1.807, 2.05) is 0 Å². The first kappa shape index (κ1) is 14.7. The van der Waals surface area contributed by atoms with Crippen molar-refractivity contribution < 1.29 is 29.7 Å². The minimum atomic E-state index is -1.51. The Morgan fingerprint density at radius 2 is 1.85 bits per heavy atom. The fourth-order valence-electron chi connectivity index (χ4n) is 1.94. The van der Waals surface area contributed by atoms with Gasteiger partial charge in [-0.1, -0.05) is 12.1 Å². The van der Waals surface area contributed by atoms with E-state index in [9.17, 15) is 25.4 Å². The summed E-state index contributed by atoms with van der Waals surface area (Å²) in [5.74, 6) is -0.0858. The number of aliphatic hydroxyl groups excluding tert-OH is 3. The van der Waals surface area contributed by atoms with E-state index in [0.717, 1.165) is 0 Å². The van der Waals surface area contributed by atoms with Gasteiger partial charge in [-0.25, -0.2) is 0 Å². The molecule has 1 aliphatic heterocycles. The first-order chi connectivity index (χ1) is 9.41. The maximum atomic E-state index is 10.9. The van der Waals surface area contributed by atoms with Gasteiger partial charge in [0.1, 0.15) is 18.3 Å². The molecule has 1 aliphatic rings. The van der Waals surface area contributed by atoms with Crippen LogP contribution in [0.25, 0.3) is 0 Å². The normalized spacial score (nSPS) is 33.7. The molecule has 1 saturated heterocycles. The maximum Gasteiger partial charge on any atom is 0.311 e. The monoisotopic (exact) mass is 285 g/mol. The fraction of sp³-hybridized carbons (Fsp3) is 0.500. The highest BCUT2D eigenvalue weighted by molar-refractivity contribution is 5.45. The van der Waals surface area contributed by atoms with E-state index in [4.69, 9.17) is 9.47 Å². The Kier molecular flexibility index (Phi) is 4.19. The smallest absolute Gasteiger partial charge is 0.311 e. The van der Waals surface area contributed by atoms with Crippen molar-refractivity contribution in [1.82, 2.24) is 0 Å². The number of nitro benzene ring substituents is 1. The van der Waals surface area contributed by atoms with Crippen LogP contribution in [0, 0.1) is 10.1 Å². The zero-order valence-electron chi connectivity index (χ0n) is 10.6. The van der Waals surface area contributed by atoms with Gasteiger partial charge in [0.2, 0.25) is 6.29 Å². The number of hydrogen-bond donors (Lipinski definition) is 3. The van der Waals surface area contributed by atoms with Crippen molar-refractivity contribution in [3.63, 3.8) is 0 Å². The quantitative estimate of drug-likeness (QED) is 0.519. The molecule has 8 heteroatoms. The molecular weight excluding hydrogens is 270 g/mol. The van der Waals surface area contributed by atoms with Crippen LogP contribution in [0.3, 0.4) is 0 Å². The highest BCUT2D eigenvalue weighted by Gasteiger charge is 2.43. The van der Waals surface area contributed by atoms with E-state index in [2.05, 4.69) is 0 Å². The van der Waals surface area contributed by atoms with Crippen molar-refractivity contribution in [1.29, 1.82) is 0 Å². The second-order valence-corrected chi connectivity index (χ2v) is 4.52. The van der Waals surface area contributed by atoms with E-state index in [0.29, 0.717) is 0 Å². The van der Waals surface area contributed by atoms with Crippen LogP contribution in [-0.4, -0.2) is 50.9 Å². The van der Waals surface area contributed by atoms with Gasteiger partial charge in [-0.2, -0.15) is 0 Å². The Balaban J connectivity index is 2.20. The first-order valence-electron chi connectivity index (χ1n) is 6.01. The zero-order chi connectivity index (χ0) is 14.9. The van der Waals surface area contributed by atoms with Gasteiger partial charge in [-0.3, -0.25) is 10.1 Å². The van der Waals surface area contributed by atoms with E-state index >= 15 is 0 Å². The lowest BCUT2D eigenvalue weighted by atomic mass is 10.00. The van der Waals surface area contributed by atoms with Crippen molar-refractivity contribution in [2.24, 2.45) is 0 Å². The number of nitro groups is 1. The lowest BCUT2D eigenvalue weighted by molar-refractivity contribution is -0.387. The molecule has 5 atom stereocenters. The summed E-state index contributed by atoms with van der Waals surface area (Å²) in [6, 6.07) is 5.62. The van der Waals surface area contributed by atoms with Crippen molar-refractivity contribution >= 4 is 5.69 Å². The summed E-state index contributed by atoms with van der Waals surface area (Å²) in [7, 11) is 0. The average Bonchev–Trinajstić information content (AvgIpc) is 2.43. The number of rotatable bonds is 3. The zero-order valence-corrected chi connectivity index (χ0v) is 10.6. The number of hydrogen-bond acceptors (Lipinski definition) is 7. The SMILES string of the molecule is C[C@H]1OC(Oc2ccccc2[N+](=O)[O-])[C@H](O)[C@@H](O)[C@@H]1O. The summed E-state index contributed by atoms with van der Waals surface area (Å²) >= 11 is 0. The standard InChI is InChI=1S/C12H15NO7/c1-6-9(14)10(15)11(16)12(19-6)20-8-5-3-2-4-7(8)13(17)18/h2-6,9-12,14-16H,1H3/t6-,9-,10+,11-,12?/m1/s1. The predicted molar refractivity (Wildman–Crippen MR) is 66.1 cm³/mol. The van der Waals surface area contributed by atoms with Gasteiger partial charge in [0.05, 0.1) is 11.0 Å². The van der Waals surface area contributed by atoms with Crippen LogP contribution in [0.2, 0.25) is 0 Å². The third-order valence-corrected chi connectivity index (χ3v) is 3.11. The molecule has 2 rings (SSSR count). The van der Waals surface area contributed by atoms with Gasteiger partial charge in [-0.15, -0.1) is 0 Å². The third kappa shape index (κ3) is 2.73. The van der Waals surface area contributed by atoms with Gasteiger partial charge in [0.25, 0.3) is 0 Å². The van der Waals surface area contributed by atoms with E-state index < -0.39 is 35.6 Å². The third-order valence-electron chi connectivity index (χ3n) is 3.11. The first-order valence-corrected chi connectivity index (χ1v) is 6.01. The van der Waals surface area contributed by atoms with Crippen LogP contribution in [0.4, 0.5) is 5.69 Å². The maximum absolute atomic E-state index is 10.9. The number of ether oxygens (including phenoxy) is 2. The molecule has 3 N–H and O–H groups in total. The highest BCUT2D eigenvalue weighted by atomic mass is 16.7. The molecule has 20 heavy (non-hydrogen) atoms. The predicted octanol–water partition coefficient (Wildman–Crippen LogP) is -0.199. The Morgan fingerprint density at radius 3 is 2.50 bits per heavy atom. The molecule has 0 spiro atoms. The molecule has 0 aromatic heterocycles. The fourth-order valence-corrected chi connectivity index (χ4v) is 1.94. The molecule has 110 valence electrons. The minimum Gasteiger partial charge on any atom is -0.455 e. The topological polar surface area (TPSA) is 122 Å². The molecule has 8 nitrogen and oxygen atoms in total. The van der Waals surface area contributed by atoms with Crippen molar-refractivity contribution in [2.45, 2.75) is 37.6 Å². The molecule has 0 bridgehead atoms. The van der Waals surface area contributed by atoms with E-state index in [1.165, 1.54) is 31.2 Å². The Labute approximate surface area is 114 Å². The molecule has 0 amide bonds. The Hall–Kier alpha value is -1.74. The largest absolute Gasteiger partial charge is 0.455 e. The lowest BCUT2D eigenvalue weighted by Gasteiger charge is -2.38. The van der Waals surface area contributed by atoms with Crippen LogP contribution in [0.5, 0.6) is 5.75 Å². The number of aliphatic hydroxyl groups is 3. The molecule has 1 unspecified atom stereocenters. The Morgan fingerprint density at radius 1 is 1.20 bits per heavy atom. The number of nitrogens with zero attached hydrogens (tertiary/aromatic N) is 1. The summed E-state index contributed by atoms with van der Waals surface area (Å²) in [6.45, 7) is 1.50. The number of benzene rings is 1. The molecule has 0 saturated carbocycles. The van der Waals surface area contributed by atoms with Gasteiger partial charge in [0.15, 0.2) is 5.75 Å². The van der Waals surface area contributed by atoms with Crippen LogP contribution in [0.1, 0.15) is 6.92 Å². The van der Waals surface area contributed by atoms with Crippen LogP contribution < -0.4 is 4.74 Å². The van der Waals surface area contributed by atoms with E-state index in [-0.39, 0.29) is 11.4 Å². The summed E-state index contributed by atoms with van der Waals surface area (Å²) in [6.07, 6.45) is -6.30. The molecule has 1 aromatic rings. The second kappa shape index (κ2) is 5.71. The van der Waals surface area contributed by atoms with Crippen LogP contribution >= 0.6 is 0 Å². The lowest BCUT2D eigenvalue weighted by Crippen LogP contribution is -2.58. The molecule has 1 heterocycles. The Bertz CT molecular complexity index is 494. The minimum absolute atomic E-state index is 0.0858. The molecule has 0 aliphatic carbocycles. The van der Waals surface area contributed by atoms with Gasteiger partial charge in [0, 0.05) is 6.07 Å². The van der Waals surface area contributed by atoms with Crippen LogP contribution in [0.15, 0.2) is 24.3 Å². The molecular formula is C12H15NO7. The average molecular weight is 285 g/mol. The van der Waals surface area contributed by atoms with Crippen molar-refractivity contribution in [2.75, 3.05) is 0 Å². The molecule has 1 fully saturated rings. The van der Waals surface area contributed by atoms with Crippen molar-refractivity contribution in [3.05, 3.63) is 34.4 Å². The number of para-hydroxylation sites is 2. The summed E-state index contributed by atoms with van der Waals surface area (Å²) < 4.78 is 10.5. The van der Waals surface area contributed by atoms with Crippen molar-refractivity contribution in [3.8, 4) is 5.75 Å². The second-order valence-electron chi connectivity index (χ2n) is 4.52. The molecule has 0 radical (unpaired) electrons. The van der Waals surface area contributed by atoms with E-state index in [1.54, 1.807) is 0 Å². The van der Waals surface area contributed by atoms with Gasteiger partial charge >= 0.3 is 5.69 Å². The van der Waals surface area contributed by atoms with Gasteiger partial charge in [-0.05, 0) is 13.0 Å². The molecule has 1 aromatic carbocycles.